The van der Waals surface area contributed by atoms with Crippen LogP contribution in [0.15, 0.2) is 6.07 Å². The van der Waals surface area contributed by atoms with Crippen molar-refractivity contribution in [2.24, 2.45) is 0 Å². The molecule has 1 aromatic rings. The quantitative estimate of drug-likeness (QED) is 0.727. The van der Waals surface area contributed by atoms with E-state index in [4.69, 9.17) is 16.3 Å². The Morgan fingerprint density at radius 2 is 2.33 bits per heavy atom. The van der Waals surface area contributed by atoms with Crippen LogP contribution in [0.25, 0.3) is 0 Å². The number of alkyl halides is 1. The van der Waals surface area contributed by atoms with Crippen molar-refractivity contribution < 1.29 is 4.74 Å². The number of nitrogens with zero attached hydrogens (tertiary/aromatic N) is 2. The van der Waals surface area contributed by atoms with Crippen LogP contribution in [0.1, 0.15) is 37.0 Å². The lowest BCUT2D eigenvalue weighted by Gasteiger charge is -2.21. The van der Waals surface area contributed by atoms with Gasteiger partial charge in [-0.05, 0) is 32.8 Å². The summed E-state index contributed by atoms with van der Waals surface area (Å²) in [5.74, 6) is 1.20. The van der Waals surface area contributed by atoms with E-state index in [0.29, 0.717) is 5.88 Å². The Bertz CT molecular complexity index is 362. The number of ether oxygens (including phenoxy) is 1. The molecule has 1 aliphatic heterocycles. The van der Waals surface area contributed by atoms with Crippen LogP contribution in [0, 0.1) is 6.92 Å². The van der Waals surface area contributed by atoms with Crippen LogP contribution < -0.4 is 0 Å². The zero-order valence-electron chi connectivity index (χ0n) is 9.09. The van der Waals surface area contributed by atoms with Gasteiger partial charge in [-0.25, -0.2) is 9.97 Å². The third kappa shape index (κ3) is 2.13. The summed E-state index contributed by atoms with van der Waals surface area (Å²) in [6, 6.07) is 1.91. The van der Waals surface area contributed by atoms with Gasteiger partial charge >= 0.3 is 0 Å². The van der Waals surface area contributed by atoms with Crippen LogP contribution in [-0.4, -0.2) is 16.6 Å². The summed E-state index contributed by atoms with van der Waals surface area (Å²) in [5, 5.41) is 0. The van der Waals surface area contributed by atoms with Gasteiger partial charge in [-0.1, -0.05) is 0 Å². The monoisotopic (exact) mass is 226 g/mol. The molecule has 2 rings (SSSR count). The molecule has 0 saturated carbocycles. The third-order valence-electron chi connectivity index (χ3n) is 2.74. The van der Waals surface area contributed by atoms with E-state index in [0.717, 1.165) is 36.7 Å². The minimum absolute atomic E-state index is 0.313. The lowest BCUT2D eigenvalue weighted by Crippen LogP contribution is -2.24. The molecule has 1 fully saturated rings. The summed E-state index contributed by atoms with van der Waals surface area (Å²) >= 11 is 5.79. The van der Waals surface area contributed by atoms with Gasteiger partial charge in [0.15, 0.2) is 5.82 Å². The van der Waals surface area contributed by atoms with Crippen molar-refractivity contribution in [2.45, 2.75) is 38.2 Å². The SMILES string of the molecule is Cc1cc(CCl)nc(C2(C)CCCO2)n1. The molecular weight excluding hydrogens is 212 g/mol. The van der Waals surface area contributed by atoms with E-state index in [2.05, 4.69) is 9.97 Å². The first-order chi connectivity index (χ1) is 7.14. The van der Waals surface area contributed by atoms with Gasteiger partial charge in [0.2, 0.25) is 0 Å². The molecule has 15 heavy (non-hydrogen) atoms. The van der Waals surface area contributed by atoms with Gasteiger partial charge in [0.05, 0.1) is 11.6 Å². The summed E-state index contributed by atoms with van der Waals surface area (Å²) < 4.78 is 5.71. The van der Waals surface area contributed by atoms with Crippen molar-refractivity contribution in [3.8, 4) is 0 Å². The molecule has 82 valence electrons. The van der Waals surface area contributed by atoms with Gasteiger partial charge in [-0.3, -0.25) is 0 Å². The molecule has 3 nitrogen and oxygen atoms in total. The Morgan fingerprint density at radius 3 is 2.93 bits per heavy atom. The molecule has 0 aliphatic carbocycles. The number of hydrogen-bond donors (Lipinski definition) is 0. The van der Waals surface area contributed by atoms with Crippen LogP contribution in [0.4, 0.5) is 0 Å². The van der Waals surface area contributed by atoms with Crippen LogP contribution in [0.3, 0.4) is 0 Å². The predicted octanol–water partition coefficient (Wildman–Crippen LogP) is 2.55. The average molecular weight is 227 g/mol. The molecule has 1 unspecified atom stereocenters. The van der Waals surface area contributed by atoms with Crippen molar-refractivity contribution in [3.05, 3.63) is 23.3 Å². The van der Waals surface area contributed by atoms with E-state index in [1.165, 1.54) is 0 Å². The Labute approximate surface area is 94.8 Å². The molecule has 4 heteroatoms. The maximum Gasteiger partial charge on any atom is 0.160 e. The van der Waals surface area contributed by atoms with E-state index in [9.17, 15) is 0 Å². The fourth-order valence-electron chi connectivity index (χ4n) is 1.89. The molecule has 0 aromatic carbocycles. The largest absolute Gasteiger partial charge is 0.367 e. The fourth-order valence-corrected chi connectivity index (χ4v) is 2.03. The molecule has 1 saturated heterocycles. The van der Waals surface area contributed by atoms with E-state index in [-0.39, 0.29) is 5.60 Å². The summed E-state index contributed by atoms with van der Waals surface area (Å²) in [5.41, 5.74) is 1.51. The minimum atomic E-state index is -0.313. The lowest BCUT2D eigenvalue weighted by molar-refractivity contribution is 0.00905. The first kappa shape index (κ1) is 10.8. The van der Waals surface area contributed by atoms with E-state index < -0.39 is 0 Å². The van der Waals surface area contributed by atoms with Crippen molar-refractivity contribution in [3.63, 3.8) is 0 Å². The van der Waals surface area contributed by atoms with Crippen molar-refractivity contribution in [1.29, 1.82) is 0 Å². The Balaban J connectivity index is 2.38. The normalized spacial score (nSPS) is 25.8. The molecule has 0 amide bonds. The maximum absolute atomic E-state index is 5.79. The Morgan fingerprint density at radius 1 is 1.53 bits per heavy atom. The van der Waals surface area contributed by atoms with Crippen LogP contribution in [0.5, 0.6) is 0 Å². The Kier molecular flexibility index (Phi) is 2.94. The second kappa shape index (κ2) is 4.06. The van der Waals surface area contributed by atoms with Crippen LogP contribution >= 0.6 is 11.6 Å². The van der Waals surface area contributed by atoms with E-state index in [1.54, 1.807) is 0 Å². The average Bonchev–Trinajstić information content (AvgIpc) is 2.65. The van der Waals surface area contributed by atoms with Gasteiger partial charge in [0, 0.05) is 12.3 Å². The molecule has 1 atom stereocenters. The molecule has 2 heterocycles. The van der Waals surface area contributed by atoms with E-state index >= 15 is 0 Å². The maximum atomic E-state index is 5.79. The Hall–Kier alpha value is -0.670. The second-order valence-electron chi connectivity index (χ2n) is 4.14. The van der Waals surface area contributed by atoms with Crippen LogP contribution in [0.2, 0.25) is 0 Å². The van der Waals surface area contributed by atoms with Crippen molar-refractivity contribution in [2.75, 3.05) is 6.61 Å². The molecule has 0 bridgehead atoms. The minimum Gasteiger partial charge on any atom is -0.367 e. The smallest absolute Gasteiger partial charge is 0.160 e. The number of aromatic nitrogens is 2. The van der Waals surface area contributed by atoms with Crippen LogP contribution in [-0.2, 0) is 16.2 Å². The number of halogens is 1. The molecule has 0 N–H and O–H groups in total. The summed E-state index contributed by atoms with van der Waals surface area (Å²) in [6.07, 6.45) is 2.06. The van der Waals surface area contributed by atoms with Gasteiger partial charge in [-0.2, -0.15) is 0 Å². The highest BCUT2D eigenvalue weighted by molar-refractivity contribution is 6.16. The van der Waals surface area contributed by atoms with Crippen molar-refractivity contribution in [1.82, 2.24) is 9.97 Å². The lowest BCUT2D eigenvalue weighted by atomic mass is 10.0. The fraction of sp³-hybridized carbons (Fsp3) is 0.636. The highest BCUT2D eigenvalue weighted by atomic mass is 35.5. The first-order valence-corrected chi connectivity index (χ1v) is 5.72. The van der Waals surface area contributed by atoms with Gasteiger partial charge in [0.1, 0.15) is 5.60 Å². The van der Waals surface area contributed by atoms with Gasteiger partial charge in [-0.15, -0.1) is 11.6 Å². The zero-order chi connectivity index (χ0) is 10.9. The topological polar surface area (TPSA) is 35.0 Å². The molecular formula is C11H15ClN2O. The summed E-state index contributed by atoms with van der Waals surface area (Å²) in [7, 11) is 0. The first-order valence-electron chi connectivity index (χ1n) is 5.19. The second-order valence-corrected chi connectivity index (χ2v) is 4.41. The molecule has 1 aliphatic rings. The molecule has 0 spiro atoms. The standard InChI is InChI=1S/C11H15ClN2O/c1-8-6-9(7-12)14-10(13-8)11(2)4-3-5-15-11/h6H,3-5,7H2,1-2H3. The summed E-state index contributed by atoms with van der Waals surface area (Å²) in [6.45, 7) is 4.80. The highest BCUT2D eigenvalue weighted by Gasteiger charge is 2.34. The molecule has 0 radical (unpaired) electrons. The van der Waals surface area contributed by atoms with Crippen molar-refractivity contribution >= 4 is 11.6 Å². The predicted molar refractivity (Wildman–Crippen MR) is 58.9 cm³/mol. The third-order valence-corrected chi connectivity index (χ3v) is 3.01. The van der Waals surface area contributed by atoms with Gasteiger partial charge < -0.3 is 4.74 Å². The number of aryl methyl sites for hydroxylation is 1. The number of rotatable bonds is 2. The highest BCUT2D eigenvalue weighted by Crippen LogP contribution is 2.33. The zero-order valence-corrected chi connectivity index (χ0v) is 9.84. The van der Waals surface area contributed by atoms with E-state index in [1.807, 2.05) is 19.9 Å². The summed E-state index contributed by atoms with van der Waals surface area (Å²) in [4.78, 5) is 8.88. The molecule has 1 aromatic heterocycles. The van der Waals surface area contributed by atoms with Gasteiger partial charge in [0.25, 0.3) is 0 Å². The number of hydrogen-bond acceptors (Lipinski definition) is 3.